The summed E-state index contributed by atoms with van der Waals surface area (Å²) in [5.74, 6) is 0.487. The topological polar surface area (TPSA) is 76.5 Å². The summed E-state index contributed by atoms with van der Waals surface area (Å²) in [6.45, 7) is 3.75. The molecule has 4 rings (SSSR count). The van der Waals surface area contributed by atoms with Crippen molar-refractivity contribution in [2.75, 3.05) is 29.9 Å². The van der Waals surface area contributed by atoms with Gasteiger partial charge in [0.25, 0.3) is 5.91 Å². The maximum atomic E-state index is 12.6. The highest BCUT2D eigenvalue weighted by molar-refractivity contribution is 6.05. The third-order valence-electron chi connectivity index (χ3n) is 5.59. The molecule has 1 saturated heterocycles. The van der Waals surface area contributed by atoms with Crippen molar-refractivity contribution in [1.82, 2.24) is 9.55 Å². The van der Waals surface area contributed by atoms with Crippen molar-refractivity contribution in [3.8, 4) is 0 Å². The number of ether oxygens (including phenoxy) is 1. The van der Waals surface area contributed by atoms with Crippen molar-refractivity contribution in [3.05, 3.63) is 54.4 Å². The van der Waals surface area contributed by atoms with Gasteiger partial charge in [-0.25, -0.2) is 4.98 Å². The van der Waals surface area contributed by atoms with Crippen LogP contribution < -0.4 is 10.2 Å². The van der Waals surface area contributed by atoms with Crippen LogP contribution in [0.5, 0.6) is 0 Å². The first kappa shape index (κ1) is 19.9. The Balaban J connectivity index is 1.37. The zero-order chi connectivity index (χ0) is 21.1. The fourth-order valence-corrected chi connectivity index (χ4v) is 3.86. The first-order chi connectivity index (χ1) is 14.5. The second-order valence-electron chi connectivity index (χ2n) is 7.57. The van der Waals surface area contributed by atoms with Crippen LogP contribution >= 0.6 is 0 Å². The summed E-state index contributed by atoms with van der Waals surface area (Å²) >= 11 is 0. The quantitative estimate of drug-likeness (QED) is 0.655. The van der Waals surface area contributed by atoms with Gasteiger partial charge >= 0.3 is 5.97 Å². The number of rotatable bonds is 5. The average molecular weight is 406 g/mol. The van der Waals surface area contributed by atoms with Gasteiger partial charge in [0.05, 0.1) is 18.1 Å². The Hall–Kier alpha value is -3.35. The van der Waals surface area contributed by atoms with E-state index in [2.05, 4.69) is 15.2 Å². The predicted octanol–water partition coefficient (Wildman–Crippen LogP) is 3.61. The third kappa shape index (κ3) is 4.15. The van der Waals surface area contributed by atoms with Crippen molar-refractivity contribution < 1.29 is 14.3 Å². The van der Waals surface area contributed by atoms with E-state index in [1.165, 1.54) is 0 Å². The molecule has 3 heterocycles. The summed E-state index contributed by atoms with van der Waals surface area (Å²) < 4.78 is 7.14. The van der Waals surface area contributed by atoms with E-state index in [1.807, 2.05) is 55.1 Å². The summed E-state index contributed by atoms with van der Waals surface area (Å²) in [7, 11) is 1.98. The lowest BCUT2D eigenvalue weighted by atomic mass is 9.97. The number of piperidine rings is 1. The van der Waals surface area contributed by atoms with Gasteiger partial charge in [-0.1, -0.05) is 6.07 Å². The van der Waals surface area contributed by atoms with E-state index < -0.39 is 0 Å². The van der Waals surface area contributed by atoms with Crippen molar-refractivity contribution in [2.45, 2.75) is 19.8 Å². The number of hydrogen-bond donors (Lipinski definition) is 1. The maximum absolute atomic E-state index is 12.6. The standard InChI is InChI=1S/C23H26N4O3/c1-3-30-23(29)17-9-12-27(13-10-17)21-7-5-18(15-24-21)22(28)25-19-6-4-16-8-11-26(2)20(16)14-19/h4-8,11,14-15,17H,3,9-10,12-13H2,1-2H3,(H,25,28). The summed E-state index contributed by atoms with van der Waals surface area (Å²) in [5.41, 5.74) is 2.32. The predicted molar refractivity (Wildman–Crippen MR) is 117 cm³/mol. The Morgan fingerprint density at radius 2 is 1.97 bits per heavy atom. The van der Waals surface area contributed by atoms with Crippen molar-refractivity contribution in [3.63, 3.8) is 0 Å². The molecule has 7 heteroatoms. The Bertz CT molecular complexity index is 1050. The minimum atomic E-state index is -0.191. The van der Waals surface area contributed by atoms with E-state index in [0.29, 0.717) is 12.2 Å². The molecule has 0 atom stereocenters. The molecule has 3 aromatic rings. The molecule has 2 aromatic heterocycles. The molecule has 7 nitrogen and oxygen atoms in total. The van der Waals surface area contributed by atoms with E-state index in [4.69, 9.17) is 4.74 Å². The highest BCUT2D eigenvalue weighted by atomic mass is 16.5. The van der Waals surface area contributed by atoms with Gasteiger partial charge in [-0.3, -0.25) is 9.59 Å². The van der Waals surface area contributed by atoms with E-state index in [1.54, 1.807) is 12.3 Å². The van der Waals surface area contributed by atoms with Crippen LogP contribution in [0.25, 0.3) is 10.9 Å². The molecular formula is C23H26N4O3. The molecule has 1 aromatic carbocycles. The van der Waals surface area contributed by atoms with Gasteiger partial charge in [0.1, 0.15) is 5.82 Å². The van der Waals surface area contributed by atoms with E-state index >= 15 is 0 Å². The SMILES string of the molecule is CCOC(=O)C1CCN(c2ccc(C(=O)Nc3ccc4ccn(C)c4c3)cn2)CC1. The number of benzene rings is 1. The Kier molecular flexibility index (Phi) is 5.70. The van der Waals surface area contributed by atoms with Crippen LogP contribution in [0, 0.1) is 5.92 Å². The number of fused-ring (bicyclic) bond motifs is 1. The third-order valence-corrected chi connectivity index (χ3v) is 5.59. The average Bonchev–Trinajstić information content (AvgIpc) is 3.14. The number of aromatic nitrogens is 2. The molecule has 0 spiro atoms. The van der Waals surface area contributed by atoms with Crippen LogP contribution in [0.1, 0.15) is 30.1 Å². The normalized spacial score (nSPS) is 14.7. The lowest BCUT2D eigenvalue weighted by molar-refractivity contribution is -0.148. The number of esters is 1. The first-order valence-corrected chi connectivity index (χ1v) is 10.3. The monoisotopic (exact) mass is 406 g/mol. The molecule has 0 bridgehead atoms. The Morgan fingerprint density at radius 1 is 1.17 bits per heavy atom. The van der Waals surface area contributed by atoms with E-state index in [9.17, 15) is 9.59 Å². The minimum Gasteiger partial charge on any atom is -0.466 e. The number of pyridine rings is 1. The fraction of sp³-hybridized carbons (Fsp3) is 0.348. The molecule has 0 aliphatic carbocycles. The Morgan fingerprint density at radius 3 is 2.67 bits per heavy atom. The van der Waals surface area contributed by atoms with Crippen LogP contribution in [0.15, 0.2) is 48.8 Å². The molecule has 1 N–H and O–H groups in total. The first-order valence-electron chi connectivity index (χ1n) is 10.3. The molecule has 1 amide bonds. The number of amides is 1. The lowest BCUT2D eigenvalue weighted by Crippen LogP contribution is -2.37. The lowest BCUT2D eigenvalue weighted by Gasteiger charge is -2.31. The van der Waals surface area contributed by atoms with Crippen LogP contribution in [0.4, 0.5) is 11.5 Å². The number of aryl methyl sites for hydroxylation is 1. The fourth-order valence-electron chi connectivity index (χ4n) is 3.86. The number of nitrogens with one attached hydrogen (secondary N) is 1. The molecule has 156 valence electrons. The zero-order valence-corrected chi connectivity index (χ0v) is 17.3. The van der Waals surface area contributed by atoms with Crippen LogP contribution in [0.3, 0.4) is 0 Å². The summed E-state index contributed by atoms with van der Waals surface area (Å²) in [6, 6.07) is 11.5. The number of hydrogen-bond acceptors (Lipinski definition) is 5. The minimum absolute atomic E-state index is 0.0344. The number of anilines is 2. The van der Waals surface area contributed by atoms with Crippen molar-refractivity contribution in [1.29, 1.82) is 0 Å². The van der Waals surface area contributed by atoms with Gasteiger partial charge in [-0.15, -0.1) is 0 Å². The van der Waals surface area contributed by atoms with Crippen molar-refractivity contribution >= 4 is 34.3 Å². The van der Waals surface area contributed by atoms with E-state index in [-0.39, 0.29) is 17.8 Å². The van der Waals surface area contributed by atoms with Crippen molar-refractivity contribution in [2.24, 2.45) is 13.0 Å². The largest absolute Gasteiger partial charge is 0.466 e. The summed E-state index contributed by atoms with van der Waals surface area (Å²) in [6.07, 6.45) is 5.10. The number of carbonyl (C=O) groups is 2. The van der Waals surface area contributed by atoms with Gasteiger partial charge in [0, 0.05) is 43.7 Å². The molecule has 1 aliphatic rings. The zero-order valence-electron chi connectivity index (χ0n) is 17.3. The molecule has 0 unspecified atom stereocenters. The summed E-state index contributed by atoms with van der Waals surface area (Å²) in [5, 5.41) is 4.07. The van der Waals surface area contributed by atoms with Crippen LogP contribution in [-0.2, 0) is 16.6 Å². The second-order valence-corrected chi connectivity index (χ2v) is 7.57. The molecule has 1 aliphatic heterocycles. The van der Waals surface area contributed by atoms with Gasteiger partial charge in [-0.2, -0.15) is 0 Å². The molecule has 0 saturated carbocycles. The molecular weight excluding hydrogens is 380 g/mol. The van der Waals surface area contributed by atoms with Gasteiger partial charge < -0.3 is 19.5 Å². The maximum Gasteiger partial charge on any atom is 0.309 e. The number of carbonyl (C=O) groups excluding carboxylic acids is 2. The molecule has 1 fully saturated rings. The Labute approximate surface area is 175 Å². The van der Waals surface area contributed by atoms with E-state index in [0.717, 1.165) is 48.3 Å². The smallest absolute Gasteiger partial charge is 0.309 e. The molecule has 0 radical (unpaired) electrons. The summed E-state index contributed by atoms with van der Waals surface area (Å²) in [4.78, 5) is 31.1. The second kappa shape index (κ2) is 8.57. The highest BCUT2D eigenvalue weighted by Crippen LogP contribution is 2.24. The van der Waals surface area contributed by atoms with Crippen LogP contribution in [-0.4, -0.2) is 41.1 Å². The van der Waals surface area contributed by atoms with Crippen LogP contribution in [0.2, 0.25) is 0 Å². The highest BCUT2D eigenvalue weighted by Gasteiger charge is 2.26. The number of nitrogens with zero attached hydrogens (tertiary/aromatic N) is 3. The van der Waals surface area contributed by atoms with Gasteiger partial charge in [-0.05, 0) is 55.5 Å². The molecule has 30 heavy (non-hydrogen) atoms. The van der Waals surface area contributed by atoms with Gasteiger partial charge in [0.15, 0.2) is 0 Å². The van der Waals surface area contributed by atoms with Gasteiger partial charge in [0.2, 0.25) is 0 Å².